The third-order valence-electron chi connectivity index (χ3n) is 2.50. The maximum Gasteiger partial charge on any atom is 0.379 e. The Kier molecular flexibility index (Phi) is 6.49. The molecule has 0 aliphatic carbocycles. The smallest absolute Gasteiger partial charge is 0.379 e. The lowest BCUT2D eigenvalue weighted by Crippen LogP contribution is -2.68. The second kappa shape index (κ2) is 7.90. The van der Waals surface area contributed by atoms with Gasteiger partial charge in [0, 0.05) is 5.39 Å². The SMILES string of the molecule is CCOC(=O)c1cc2cccc(OC)c2oc1=[NH2+].[O-][Cl+3]([O-])([O-])[O-]. The molecule has 0 saturated carbocycles. The molecule has 0 saturated heterocycles. The Balaban J connectivity index is 0.000000463. The summed E-state index contributed by atoms with van der Waals surface area (Å²) in [7, 11) is -3.40. The highest BCUT2D eigenvalue weighted by molar-refractivity contribution is 5.93. The molecule has 0 unspecified atom stereocenters. The molecule has 0 bridgehead atoms. The summed E-state index contributed by atoms with van der Waals surface area (Å²) in [5.74, 6) is 0.0677. The summed E-state index contributed by atoms with van der Waals surface area (Å²) in [6, 6.07) is 7.01. The molecule has 2 N–H and O–H groups in total. The average molecular weight is 348 g/mol. The summed E-state index contributed by atoms with van der Waals surface area (Å²) in [5, 5.41) is 6.45. The predicted octanol–water partition coefficient (Wildman–Crippen LogP) is -4.48. The Hall–Kier alpha value is -2.17. The van der Waals surface area contributed by atoms with E-state index >= 15 is 0 Å². The lowest BCUT2D eigenvalue weighted by molar-refractivity contribution is -2.00. The van der Waals surface area contributed by atoms with E-state index in [4.69, 9.17) is 37.9 Å². The summed E-state index contributed by atoms with van der Waals surface area (Å²) in [5.41, 5.74) is 0.744. The summed E-state index contributed by atoms with van der Waals surface area (Å²) < 4.78 is 49.5. The third kappa shape index (κ3) is 5.85. The Bertz CT molecular complexity index is 731. The van der Waals surface area contributed by atoms with Crippen LogP contribution in [0.5, 0.6) is 5.75 Å². The van der Waals surface area contributed by atoms with Crippen LogP contribution in [0.2, 0.25) is 0 Å². The first-order valence-electron chi connectivity index (χ1n) is 6.15. The third-order valence-corrected chi connectivity index (χ3v) is 2.50. The molecule has 9 nitrogen and oxygen atoms in total. The molecule has 0 aliphatic rings. The zero-order valence-corrected chi connectivity index (χ0v) is 13.0. The van der Waals surface area contributed by atoms with Gasteiger partial charge in [-0.15, -0.1) is 10.2 Å². The fourth-order valence-corrected chi connectivity index (χ4v) is 1.68. The largest absolute Gasteiger partial charge is 0.493 e. The van der Waals surface area contributed by atoms with Gasteiger partial charge in [-0.2, -0.15) is 0 Å². The minimum atomic E-state index is -4.94. The van der Waals surface area contributed by atoms with E-state index in [2.05, 4.69) is 0 Å². The van der Waals surface area contributed by atoms with Crippen LogP contribution in [0.15, 0.2) is 28.7 Å². The highest BCUT2D eigenvalue weighted by Crippen LogP contribution is 2.24. The second-order valence-corrected chi connectivity index (χ2v) is 4.76. The molecule has 0 atom stereocenters. The number of hydrogen-bond donors (Lipinski definition) is 1. The molecule has 2 aromatic rings. The molecule has 1 aromatic carbocycles. The van der Waals surface area contributed by atoms with E-state index in [9.17, 15) is 4.79 Å². The van der Waals surface area contributed by atoms with Crippen LogP contribution in [0.4, 0.5) is 0 Å². The maximum absolute atomic E-state index is 11.7. The number of benzene rings is 1. The summed E-state index contributed by atoms with van der Waals surface area (Å²) in [4.78, 5) is 11.7. The number of nitrogens with two attached hydrogens (primary N) is 1. The van der Waals surface area contributed by atoms with Gasteiger partial charge in [0.15, 0.2) is 16.9 Å². The van der Waals surface area contributed by atoms with Crippen LogP contribution in [0.25, 0.3) is 11.0 Å². The van der Waals surface area contributed by atoms with Gasteiger partial charge in [0.25, 0.3) is 0 Å². The number of halogens is 1. The molecule has 0 radical (unpaired) electrons. The van der Waals surface area contributed by atoms with Gasteiger partial charge < -0.3 is 13.9 Å². The standard InChI is InChI=1S/C13H13NO4.ClHO4/c1-3-17-13(15)9-7-8-5-4-6-10(16-2)11(8)18-12(9)14;2-1(3,4)5/h4-7,14H,3H2,1-2H3;(H,2,3,4,5). The first-order chi connectivity index (χ1) is 10.7. The molecule has 0 spiro atoms. The molecular weight excluding hydrogens is 334 g/mol. The maximum atomic E-state index is 11.7. The fraction of sp³-hybridized carbons (Fsp3) is 0.231. The van der Waals surface area contributed by atoms with Gasteiger partial charge in [-0.25, -0.2) is 28.8 Å². The molecule has 23 heavy (non-hydrogen) atoms. The molecule has 10 heteroatoms. The first kappa shape index (κ1) is 18.9. The second-order valence-electron chi connectivity index (χ2n) is 4.00. The van der Waals surface area contributed by atoms with Gasteiger partial charge in [0.2, 0.25) is 0 Å². The van der Waals surface area contributed by atoms with Gasteiger partial charge in [0.1, 0.15) is 0 Å². The van der Waals surface area contributed by atoms with E-state index in [0.29, 0.717) is 11.3 Å². The highest BCUT2D eigenvalue weighted by atomic mass is 35.7. The molecule has 0 fully saturated rings. The van der Waals surface area contributed by atoms with E-state index in [1.54, 1.807) is 26.2 Å². The lowest BCUT2D eigenvalue weighted by Gasteiger charge is -2.17. The Morgan fingerprint density at radius 1 is 1.30 bits per heavy atom. The average Bonchev–Trinajstić information content (AvgIpc) is 2.44. The van der Waals surface area contributed by atoms with Gasteiger partial charge in [-0.1, -0.05) is 12.1 Å². The van der Waals surface area contributed by atoms with Crippen molar-refractivity contribution in [3.63, 3.8) is 0 Å². The summed E-state index contributed by atoms with van der Waals surface area (Å²) >= 11 is 0. The lowest BCUT2D eigenvalue weighted by atomic mass is 10.2. The Labute approximate surface area is 132 Å². The molecule has 0 amide bonds. The van der Waals surface area contributed by atoms with E-state index in [1.807, 2.05) is 12.1 Å². The van der Waals surface area contributed by atoms with Crippen molar-refractivity contribution in [3.05, 3.63) is 35.4 Å². The molecule has 1 heterocycles. The van der Waals surface area contributed by atoms with E-state index in [0.717, 1.165) is 5.39 Å². The zero-order valence-electron chi connectivity index (χ0n) is 12.2. The van der Waals surface area contributed by atoms with E-state index < -0.39 is 16.2 Å². The number of fused-ring (bicyclic) bond motifs is 1. The fourth-order valence-electron chi connectivity index (χ4n) is 1.68. The van der Waals surface area contributed by atoms with Crippen LogP contribution >= 0.6 is 0 Å². The number of para-hydroxylation sites is 1. The van der Waals surface area contributed by atoms with Crippen molar-refractivity contribution < 1.29 is 53.0 Å². The first-order valence-corrected chi connectivity index (χ1v) is 7.39. The van der Waals surface area contributed by atoms with Gasteiger partial charge in [-0.3, -0.25) is 0 Å². The Morgan fingerprint density at radius 2 is 1.91 bits per heavy atom. The number of ether oxygens (including phenoxy) is 2. The van der Waals surface area contributed by atoms with Crippen molar-refractivity contribution in [1.82, 2.24) is 0 Å². The monoisotopic (exact) mass is 347 g/mol. The molecule has 2 rings (SSSR count). The van der Waals surface area contributed by atoms with Crippen molar-refractivity contribution in [2.75, 3.05) is 13.7 Å². The molecular formula is C13H14ClNO8. The van der Waals surface area contributed by atoms with E-state index in [1.165, 1.54) is 0 Å². The van der Waals surface area contributed by atoms with Crippen LogP contribution in [-0.2, 0) is 4.74 Å². The van der Waals surface area contributed by atoms with Crippen molar-refractivity contribution >= 4 is 16.9 Å². The quantitative estimate of drug-likeness (QED) is 0.542. The number of carbonyl (C=O) groups is 1. The zero-order chi connectivity index (χ0) is 17.6. The topological polar surface area (TPSA) is 166 Å². The minimum absolute atomic E-state index is 0.0189. The number of carbonyl (C=O) groups excluding carboxylic acids is 1. The highest BCUT2D eigenvalue weighted by Gasteiger charge is 2.17. The number of methoxy groups -OCH3 is 1. The van der Waals surface area contributed by atoms with Crippen molar-refractivity contribution in [2.24, 2.45) is 0 Å². The van der Waals surface area contributed by atoms with Crippen molar-refractivity contribution in [3.8, 4) is 5.75 Å². The van der Waals surface area contributed by atoms with Crippen LogP contribution in [-0.4, -0.2) is 19.7 Å². The van der Waals surface area contributed by atoms with E-state index in [-0.39, 0.29) is 17.7 Å². The molecule has 126 valence electrons. The summed E-state index contributed by atoms with van der Waals surface area (Å²) in [6.07, 6.45) is 0. The predicted molar refractivity (Wildman–Crippen MR) is 63.8 cm³/mol. The number of hydrogen-bond acceptors (Lipinski definition) is 8. The Morgan fingerprint density at radius 3 is 2.43 bits per heavy atom. The summed E-state index contributed by atoms with van der Waals surface area (Å²) in [6.45, 7) is 2.02. The van der Waals surface area contributed by atoms with Crippen LogP contribution < -0.4 is 34.3 Å². The molecule has 1 aromatic heterocycles. The minimum Gasteiger partial charge on any atom is -0.493 e. The van der Waals surface area contributed by atoms with Gasteiger partial charge in [0.05, 0.1) is 13.7 Å². The number of rotatable bonds is 3. The van der Waals surface area contributed by atoms with Crippen molar-refractivity contribution in [1.29, 1.82) is 0 Å². The normalized spacial score (nSPS) is 10.7. The van der Waals surface area contributed by atoms with Crippen LogP contribution in [0, 0.1) is 10.2 Å². The van der Waals surface area contributed by atoms with Crippen LogP contribution in [0.1, 0.15) is 17.3 Å². The molecule has 0 aliphatic heterocycles. The van der Waals surface area contributed by atoms with Gasteiger partial charge >= 0.3 is 11.5 Å². The van der Waals surface area contributed by atoms with Crippen LogP contribution in [0.3, 0.4) is 0 Å². The number of esters is 1. The van der Waals surface area contributed by atoms with Crippen molar-refractivity contribution in [2.45, 2.75) is 6.92 Å². The van der Waals surface area contributed by atoms with Gasteiger partial charge in [-0.05, 0) is 19.1 Å².